The fourth-order valence-corrected chi connectivity index (χ4v) is 6.82. The van der Waals surface area contributed by atoms with Gasteiger partial charge in [0.2, 0.25) is 0 Å². The molecule has 0 aromatic rings. The molecule has 0 bridgehead atoms. The van der Waals surface area contributed by atoms with Gasteiger partial charge >= 0.3 is 19.8 Å². The Morgan fingerprint density at radius 3 is 1.20 bits per heavy atom. The van der Waals surface area contributed by atoms with Gasteiger partial charge < -0.3 is 18.9 Å². The van der Waals surface area contributed by atoms with E-state index in [0.29, 0.717) is 23.9 Å². The number of phosphoric acid groups is 1. The first kappa shape index (κ1) is 65.6. The molecule has 0 heterocycles. The molecule has 70 heavy (non-hydrogen) atoms. The standard InChI is InChI=1S/C60H94NO8P/c1-6-8-10-12-14-16-18-20-22-24-26-27-28-29-30-31-32-33-35-37-39-41-43-45-47-49-51-53-60(63)69-58(57-68-70(64,65)67-55-54-61(3,4)5)56-66-59(62)52-50-48-46-44-42-40-38-36-34-25-23-21-19-17-15-13-11-9-7-2/h8-11,14-17,20-23,26-27,29-30,32-34,36-37,39-40,42,46,48,58H,6-7,12-13,18-19,24-25,28,31,35,38,41,43-45,47,49-57H2,1-5H3/p+1/b10-8-,11-9-,16-14-,17-15-,22-20-,23-21-,27-26-,30-29-,33-32-,36-34-,39-37-,42-40-,48-46-. The molecule has 0 aliphatic rings. The molecule has 2 unspecified atom stereocenters. The highest BCUT2D eigenvalue weighted by molar-refractivity contribution is 7.47. The Kier molecular flexibility index (Phi) is 46.5. The van der Waals surface area contributed by atoms with E-state index < -0.39 is 32.5 Å². The lowest BCUT2D eigenvalue weighted by Crippen LogP contribution is -2.37. The molecule has 0 aliphatic heterocycles. The molecule has 0 aromatic carbocycles. The largest absolute Gasteiger partial charge is 0.472 e. The topological polar surface area (TPSA) is 108 Å². The zero-order valence-electron chi connectivity index (χ0n) is 44.2. The Morgan fingerprint density at radius 2 is 0.800 bits per heavy atom. The minimum absolute atomic E-state index is 0.00588. The van der Waals surface area contributed by atoms with Crippen molar-refractivity contribution in [2.24, 2.45) is 0 Å². The smallest absolute Gasteiger partial charge is 0.462 e. The number of hydrogen-bond acceptors (Lipinski definition) is 7. The second kappa shape index (κ2) is 49.6. The maximum absolute atomic E-state index is 12.8. The number of carbonyl (C=O) groups is 2. The first-order valence-electron chi connectivity index (χ1n) is 26.2. The Hall–Kier alpha value is -4.37. The molecule has 9 nitrogen and oxygen atoms in total. The minimum Gasteiger partial charge on any atom is -0.462 e. The van der Waals surface area contributed by atoms with Crippen molar-refractivity contribution in [3.8, 4) is 0 Å². The number of carbonyl (C=O) groups excluding carboxylic acids is 2. The van der Waals surface area contributed by atoms with Gasteiger partial charge in [0.15, 0.2) is 6.10 Å². The van der Waals surface area contributed by atoms with Gasteiger partial charge in [-0.05, 0) is 109 Å². The first-order chi connectivity index (χ1) is 34.0. The highest BCUT2D eigenvalue weighted by Gasteiger charge is 2.27. The summed E-state index contributed by atoms with van der Waals surface area (Å²) in [5.41, 5.74) is 0. The van der Waals surface area contributed by atoms with Crippen LogP contribution in [0.4, 0.5) is 0 Å². The molecule has 0 aromatic heterocycles. The molecule has 2 atom stereocenters. The summed E-state index contributed by atoms with van der Waals surface area (Å²) in [7, 11) is 1.39. The molecular weight excluding hydrogens is 894 g/mol. The van der Waals surface area contributed by atoms with E-state index in [9.17, 15) is 19.0 Å². The Labute approximate surface area is 426 Å². The molecule has 1 N–H and O–H groups in total. The van der Waals surface area contributed by atoms with E-state index in [0.717, 1.165) is 116 Å². The van der Waals surface area contributed by atoms with Gasteiger partial charge in [-0.1, -0.05) is 191 Å². The molecule has 0 amide bonds. The second-order valence-electron chi connectivity index (χ2n) is 17.8. The Balaban J connectivity index is 4.43. The van der Waals surface area contributed by atoms with Crippen LogP contribution < -0.4 is 0 Å². The van der Waals surface area contributed by atoms with E-state index in [4.69, 9.17) is 18.5 Å². The van der Waals surface area contributed by atoms with Crippen molar-refractivity contribution < 1.29 is 42.1 Å². The van der Waals surface area contributed by atoms with Crippen LogP contribution in [0.1, 0.15) is 155 Å². The molecule has 0 radical (unpaired) electrons. The number of nitrogens with zero attached hydrogens (tertiary/aromatic N) is 1. The van der Waals surface area contributed by atoms with Crippen molar-refractivity contribution in [1.82, 2.24) is 0 Å². The number of hydrogen-bond donors (Lipinski definition) is 1. The van der Waals surface area contributed by atoms with Gasteiger partial charge in [-0.2, -0.15) is 0 Å². The highest BCUT2D eigenvalue weighted by atomic mass is 31.2. The first-order valence-corrected chi connectivity index (χ1v) is 27.7. The van der Waals surface area contributed by atoms with Crippen LogP contribution in [0.2, 0.25) is 0 Å². The van der Waals surface area contributed by atoms with Crippen LogP contribution in [0.15, 0.2) is 158 Å². The average Bonchev–Trinajstić information content (AvgIpc) is 3.32. The lowest BCUT2D eigenvalue weighted by atomic mass is 10.1. The van der Waals surface area contributed by atoms with Crippen LogP contribution in [0.25, 0.3) is 0 Å². The quantitative estimate of drug-likeness (QED) is 0.0211. The molecule has 0 saturated carbocycles. The van der Waals surface area contributed by atoms with Gasteiger partial charge in [0.25, 0.3) is 0 Å². The number of quaternary nitrogens is 1. The SMILES string of the molecule is CC/C=C\C/C=C\C/C=C\C/C=C\C/C=C\C/C=C\C/C=C\CCCCCCCC(=O)OC(COC(=O)CC/C=C\C/C=C\C/C=C\C/C=C\C/C=C\C/C=C\CC)COP(=O)(O)OCC[N+](C)(C)C. The summed E-state index contributed by atoms with van der Waals surface area (Å²) in [4.78, 5) is 35.5. The maximum atomic E-state index is 12.8. The lowest BCUT2D eigenvalue weighted by molar-refractivity contribution is -0.870. The van der Waals surface area contributed by atoms with Gasteiger partial charge in [-0.15, -0.1) is 0 Å². The number of ether oxygens (including phenoxy) is 2. The third kappa shape index (κ3) is 53.0. The summed E-state index contributed by atoms with van der Waals surface area (Å²) in [6, 6.07) is 0. The van der Waals surface area contributed by atoms with Gasteiger partial charge in [0.05, 0.1) is 27.7 Å². The zero-order chi connectivity index (χ0) is 51.3. The van der Waals surface area contributed by atoms with E-state index in [1.807, 2.05) is 33.3 Å². The van der Waals surface area contributed by atoms with Crippen molar-refractivity contribution in [2.75, 3.05) is 47.5 Å². The molecule has 0 fully saturated rings. The second-order valence-corrected chi connectivity index (χ2v) is 19.2. The number of unbranched alkanes of at least 4 members (excludes halogenated alkanes) is 5. The molecule has 0 saturated heterocycles. The monoisotopic (exact) mass is 989 g/mol. The van der Waals surface area contributed by atoms with Gasteiger partial charge in [0.1, 0.15) is 19.8 Å². The molecule has 0 spiro atoms. The summed E-state index contributed by atoms with van der Waals surface area (Å²) in [6.45, 7) is 4.05. The van der Waals surface area contributed by atoms with E-state index >= 15 is 0 Å². The van der Waals surface area contributed by atoms with Crippen LogP contribution in [0.5, 0.6) is 0 Å². The number of rotatable bonds is 45. The Morgan fingerprint density at radius 1 is 0.443 bits per heavy atom. The van der Waals surface area contributed by atoms with E-state index in [-0.39, 0.29) is 26.1 Å². The molecule has 392 valence electrons. The van der Waals surface area contributed by atoms with E-state index in [1.165, 1.54) is 0 Å². The van der Waals surface area contributed by atoms with Crippen molar-refractivity contribution in [3.63, 3.8) is 0 Å². The van der Waals surface area contributed by atoms with E-state index in [2.05, 4.69) is 160 Å². The fraction of sp³-hybridized carbons (Fsp3) is 0.533. The number of phosphoric ester groups is 1. The van der Waals surface area contributed by atoms with Crippen LogP contribution in [0.3, 0.4) is 0 Å². The Bertz CT molecular complexity index is 1730. The zero-order valence-corrected chi connectivity index (χ0v) is 45.1. The maximum Gasteiger partial charge on any atom is 0.472 e. The summed E-state index contributed by atoms with van der Waals surface area (Å²) >= 11 is 0. The predicted molar refractivity (Wildman–Crippen MR) is 297 cm³/mol. The molecule has 0 aliphatic carbocycles. The third-order valence-corrected chi connectivity index (χ3v) is 11.1. The van der Waals surface area contributed by atoms with E-state index in [1.54, 1.807) is 0 Å². The normalized spacial score (nSPS) is 14.7. The average molecular weight is 989 g/mol. The van der Waals surface area contributed by atoms with Crippen molar-refractivity contribution in [1.29, 1.82) is 0 Å². The number of likely N-dealkylation sites (N-methyl/N-ethyl adjacent to an activating group) is 1. The summed E-state index contributed by atoms with van der Waals surface area (Å²) in [5, 5.41) is 0. The summed E-state index contributed by atoms with van der Waals surface area (Å²) in [5.74, 6) is -0.936. The fourth-order valence-electron chi connectivity index (χ4n) is 6.08. The van der Waals surface area contributed by atoms with Crippen LogP contribution >= 0.6 is 7.82 Å². The number of allylic oxidation sites excluding steroid dienone is 26. The molecule has 0 rings (SSSR count). The van der Waals surface area contributed by atoms with Crippen LogP contribution in [0, 0.1) is 0 Å². The minimum atomic E-state index is -4.42. The van der Waals surface area contributed by atoms with Gasteiger partial charge in [-0.3, -0.25) is 18.6 Å². The van der Waals surface area contributed by atoms with Crippen LogP contribution in [-0.4, -0.2) is 74.9 Å². The predicted octanol–water partition coefficient (Wildman–Crippen LogP) is 16.1. The molecule has 10 heteroatoms. The highest BCUT2D eigenvalue weighted by Crippen LogP contribution is 2.43. The van der Waals surface area contributed by atoms with Gasteiger partial charge in [-0.25, -0.2) is 4.57 Å². The van der Waals surface area contributed by atoms with Crippen molar-refractivity contribution in [2.45, 2.75) is 161 Å². The summed E-state index contributed by atoms with van der Waals surface area (Å²) < 4.78 is 34.3. The van der Waals surface area contributed by atoms with Crippen molar-refractivity contribution >= 4 is 19.8 Å². The third-order valence-electron chi connectivity index (χ3n) is 10.1. The summed E-state index contributed by atoms with van der Waals surface area (Å²) in [6.07, 6.45) is 74.6. The van der Waals surface area contributed by atoms with Gasteiger partial charge in [0, 0.05) is 12.8 Å². The van der Waals surface area contributed by atoms with Crippen LogP contribution in [-0.2, 0) is 32.7 Å². The number of esters is 2. The molecular formula is C60H95NO8P+. The van der Waals surface area contributed by atoms with Crippen molar-refractivity contribution in [3.05, 3.63) is 158 Å². The lowest BCUT2D eigenvalue weighted by Gasteiger charge is -2.24.